The van der Waals surface area contributed by atoms with Crippen molar-refractivity contribution >= 4 is 15.5 Å². The van der Waals surface area contributed by atoms with Gasteiger partial charge < -0.3 is 4.84 Å². The van der Waals surface area contributed by atoms with Gasteiger partial charge in [-0.05, 0) is 37.3 Å². The maximum Gasteiger partial charge on any atom is 0.186 e. The Labute approximate surface area is 125 Å². The van der Waals surface area contributed by atoms with E-state index in [1.807, 2.05) is 6.07 Å². The van der Waals surface area contributed by atoms with Crippen molar-refractivity contribution in [2.75, 3.05) is 12.4 Å². The van der Waals surface area contributed by atoms with Crippen molar-refractivity contribution in [1.82, 2.24) is 0 Å². The van der Waals surface area contributed by atoms with Gasteiger partial charge in [0.1, 0.15) is 12.7 Å². The van der Waals surface area contributed by atoms with Crippen LogP contribution in [0.4, 0.5) is 0 Å². The largest absolute Gasteiger partial charge is 0.394 e. The number of oxime groups is 1. The Bertz CT molecular complexity index is 698. The number of nitriles is 1. The summed E-state index contributed by atoms with van der Waals surface area (Å²) in [6.07, 6.45) is 2.28. The van der Waals surface area contributed by atoms with Gasteiger partial charge in [-0.1, -0.05) is 24.2 Å². The zero-order valence-corrected chi connectivity index (χ0v) is 13.0. The Balaban J connectivity index is 2.29. The SMILES string of the molecule is CCS(=O)(=O)c1cc(/C(C#N)=N/OCC2CC2)ccc1C. The van der Waals surface area contributed by atoms with Crippen LogP contribution in [0.15, 0.2) is 28.3 Å². The van der Waals surface area contributed by atoms with Crippen LogP contribution in [0.2, 0.25) is 0 Å². The van der Waals surface area contributed by atoms with E-state index in [1.54, 1.807) is 26.0 Å². The van der Waals surface area contributed by atoms with Crippen molar-refractivity contribution in [3.05, 3.63) is 29.3 Å². The lowest BCUT2D eigenvalue weighted by Crippen LogP contribution is -2.08. The van der Waals surface area contributed by atoms with Crippen LogP contribution in [0.1, 0.15) is 30.9 Å². The van der Waals surface area contributed by atoms with E-state index in [-0.39, 0.29) is 16.4 Å². The second kappa shape index (κ2) is 6.27. The molecule has 2 rings (SSSR count). The summed E-state index contributed by atoms with van der Waals surface area (Å²) in [6, 6.07) is 6.83. The number of aryl methyl sites for hydroxylation is 1. The molecule has 0 radical (unpaired) electrons. The molecule has 1 saturated carbocycles. The van der Waals surface area contributed by atoms with Crippen molar-refractivity contribution in [2.45, 2.75) is 31.6 Å². The van der Waals surface area contributed by atoms with Crippen molar-refractivity contribution < 1.29 is 13.3 Å². The molecule has 112 valence electrons. The normalized spacial score (nSPS) is 15.6. The molecule has 1 aliphatic carbocycles. The van der Waals surface area contributed by atoms with Gasteiger partial charge in [0.05, 0.1) is 10.6 Å². The summed E-state index contributed by atoms with van der Waals surface area (Å²) in [4.78, 5) is 5.41. The molecule has 0 spiro atoms. The fraction of sp³-hybridized carbons (Fsp3) is 0.467. The highest BCUT2D eigenvalue weighted by Gasteiger charge is 2.22. The third-order valence-electron chi connectivity index (χ3n) is 3.45. The monoisotopic (exact) mass is 306 g/mol. The average molecular weight is 306 g/mol. The van der Waals surface area contributed by atoms with Gasteiger partial charge >= 0.3 is 0 Å². The summed E-state index contributed by atoms with van der Waals surface area (Å²) in [5, 5.41) is 13.0. The van der Waals surface area contributed by atoms with Gasteiger partial charge in [0.15, 0.2) is 15.5 Å². The van der Waals surface area contributed by atoms with E-state index < -0.39 is 9.84 Å². The first-order valence-corrected chi connectivity index (χ1v) is 8.57. The van der Waals surface area contributed by atoms with Crippen LogP contribution in [0, 0.1) is 24.2 Å². The zero-order valence-electron chi connectivity index (χ0n) is 12.2. The third kappa shape index (κ3) is 3.82. The van der Waals surface area contributed by atoms with Gasteiger partial charge in [0.25, 0.3) is 0 Å². The Morgan fingerprint density at radius 3 is 2.76 bits per heavy atom. The van der Waals surface area contributed by atoms with Crippen molar-refractivity contribution in [1.29, 1.82) is 5.26 Å². The van der Waals surface area contributed by atoms with Gasteiger partial charge in [-0.15, -0.1) is 0 Å². The standard InChI is InChI=1S/C15H18N2O3S/c1-3-21(18,19)15-8-13(7-4-11(15)2)14(9-16)17-20-10-12-5-6-12/h4,7-8,12H,3,5-6,10H2,1-2H3/b17-14+. The molecule has 0 N–H and O–H groups in total. The molecule has 1 aromatic carbocycles. The molecule has 0 aliphatic heterocycles. The molecule has 0 aromatic heterocycles. The Morgan fingerprint density at radius 2 is 2.19 bits per heavy atom. The van der Waals surface area contributed by atoms with Gasteiger partial charge in [-0.3, -0.25) is 0 Å². The summed E-state index contributed by atoms with van der Waals surface area (Å²) in [5.41, 5.74) is 1.23. The van der Waals surface area contributed by atoms with Crippen molar-refractivity contribution in [3.8, 4) is 6.07 Å². The summed E-state index contributed by atoms with van der Waals surface area (Å²) >= 11 is 0. The number of rotatable bonds is 6. The molecule has 1 aliphatic rings. The zero-order chi connectivity index (χ0) is 15.5. The third-order valence-corrected chi connectivity index (χ3v) is 5.32. The first kappa shape index (κ1) is 15.5. The number of sulfone groups is 1. The van der Waals surface area contributed by atoms with Crippen molar-refractivity contribution in [2.24, 2.45) is 11.1 Å². The van der Waals surface area contributed by atoms with Crippen molar-refractivity contribution in [3.63, 3.8) is 0 Å². The minimum Gasteiger partial charge on any atom is -0.394 e. The minimum absolute atomic E-state index is 0.0223. The fourth-order valence-corrected chi connectivity index (χ4v) is 3.04. The summed E-state index contributed by atoms with van der Waals surface area (Å²) in [5.74, 6) is 0.567. The van der Waals surface area contributed by atoms with Gasteiger partial charge in [0, 0.05) is 5.56 Å². The molecule has 6 heteroatoms. The van der Waals surface area contributed by atoms with Gasteiger partial charge in [-0.25, -0.2) is 8.42 Å². The highest BCUT2D eigenvalue weighted by atomic mass is 32.2. The topological polar surface area (TPSA) is 79.5 Å². The highest BCUT2D eigenvalue weighted by Crippen LogP contribution is 2.28. The molecule has 5 nitrogen and oxygen atoms in total. The highest BCUT2D eigenvalue weighted by molar-refractivity contribution is 7.91. The van der Waals surface area contributed by atoms with Crippen LogP contribution in [0.25, 0.3) is 0 Å². The summed E-state index contributed by atoms with van der Waals surface area (Å²) in [6.45, 7) is 3.84. The fourth-order valence-electron chi connectivity index (χ4n) is 1.87. The molecule has 21 heavy (non-hydrogen) atoms. The predicted octanol–water partition coefficient (Wildman–Crippen LogP) is 2.44. The lowest BCUT2D eigenvalue weighted by Gasteiger charge is -2.08. The first-order chi connectivity index (χ1) is 9.97. The number of nitrogens with zero attached hydrogens (tertiary/aromatic N) is 2. The average Bonchev–Trinajstić information content (AvgIpc) is 3.28. The first-order valence-electron chi connectivity index (χ1n) is 6.91. The van der Waals surface area contributed by atoms with Gasteiger partial charge in [-0.2, -0.15) is 5.26 Å². The van der Waals surface area contributed by atoms with Crippen LogP contribution in [-0.4, -0.2) is 26.5 Å². The molecular formula is C15H18N2O3S. The Morgan fingerprint density at radius 1 is 1.48 bits per heavy atom. The molecule has 0 bridgehead atoms. The van der Waals surface area contributed by atoms with Crippen LogP contribution < -0.4 is 0 Å². The van der Waals surface area contributed by atoms with Crippen LogP contribution >= 0.6 is 0 Å². The Kier molecular flexibility index (Phi) is 4.63. The van der Waals surface area contributed by atoms with E-state index in [1.165, 1.54) is 6.07 Å². The molecule has 0 amide bonds. The molecule has 0 heterocycles. The lowest BCUT2D eigenvalue weighted by atomic mass is 10.1. The molecule has 1 fully saturated rings. The van der Waals surface area contributed by atoms with Gasteiger partial charge in [0.2, 0.25) is 0 Å². The van der Waals surface area contributed by atoms with Crippen LogP contribution in [0.3, 0.4) is 0 Å². The maximum absolute atomic E-state index is 12.0. The van der Waals surface area contributed by atoms with Crippen LogP contribution in [0.5, 0.6) is 0 Å². The summed E-state index contributed by atoms with van der Waals surface area (Å²) < 4.78 is 24.1. The van der Waals surface area contributed by atoms with Crippen LogP contribution in [-0.2, 0) is 14.7 Å². The smallest absolute Gasteiger partial charge is 0.186 e. The molecule has 0 saturated heterocycles. The van der Waals surface area contributed by atoms with E-state index in [9.17, 15) is 13.7 Å². The number of hydrogen-bond acceptors (Lipinski definition) is 5. The quantitative estimate of drug-likeness (QED) is 0.597. The molecular weight excluding hydrogens is 288 g/mol. The second-order valence-electron chi connectivity index (χ2n) is 5.17. The van der Waals surface area contributed by atoms with E-state index in [2.05, 4.69) is 5.16 Å². The molecule has 0 atom stereocenters. The Hall–Kier alpha value is -1.87. The van der Waals surface area contributed by atoms with E-state index in [0.717, 1.165) is 12.8 Å². The van der Waals surface area contributed by atoms with E-state index >= 15 is 0 Å². The molecule has 0 unspecified atom stereocenters. The maximum atomic E-state index is 12.0. The summed E-state index contributed by atoms with van der Waals surface area (Å²) in [7, 11) is -3.32. The van der Waals surface area contributed by atoms with E-state index in [4.69, 9.17) is 4.84 Å². The lowest BCUT2D eigenvalue weighted by molar-refractivity contribution is 0.134. The van der Waals surface area contributed by atoms with E-state index in [0.29, 0.717) is 23.7 Å². The predicted molar refractivity (Wildman–Crippen MR) is 79.7 cm³/mol. The number of hydrogen-bond donors (Lipinski definition) is 0. The number of benzene rings is 1. The minimum atomic E-state index is -3.32. The molecule has 1 aromatic rings. The second-order valence-corrected chi connectivity index (χ2v) is 7.42.